The fraction of sp³-hybridized carbons (Fsp3) is 0.273. The highest BCUT2D eigenvalue weighted by Gasteiger charge is 2.22. The molecule has 2 aromatic carbocycles. The van der Waals surface area contributed by atoms with Crippen LogP contribution in [0, 0.1) is 6.92 Å². The van der Waals surface area contributed by atoms with Crippen molar-refractivity contribution in [3.8, 4) is 16.9 Å². The number of ether oxygens (including phenoxy) is 1. The van der Waals surface area contributed by atoms with Crippen molar-refractivity contribution < 1.29 is 22.5 Å². The second kappa shape index (κ2) is 9.32. The smallest absolute Gasteiger partial charge is 0.241 e. The zero-order chi connectivity index (χ0) is 22.6. The van der Waals surface area contributed by atoms with E-state index < -0.39 is 10.0 Å². The van der Waals surface area contributed by atoms with Crippen molar-refractivity contribution in [3.05, 3.63) is 59.3 Å². The molecule has 8 nitrogen and oxygen atoms in total. The number of anilines is 1. The predicted octanol–water partition coefficient (Wildman–Crippen LogP) is 3.66. The molecule has 1 aromatic heterocycles. The second-order valence-corrected chi connectivity index (χ2v) is 8.76. The van der Waals surface area contributed by atoms with E-state index in [1.54, 1.807) is 50.4 Å². The summed E-state index contributed by atoms with van der Waals surface area (Å²) in [6.07, 6.45) is 0.558. The summed E-state index contributed by atoms with van der Waals surface area (Å²) < 4.78 is 39.2. The Morgan fingerprint density at radius 3 is 2.65 bits per heavy atom. The standard InChI is InChI=1S/C22H25N3O5S/c1-5-19-21(22(30-25-19)24-15(3)26)17-10-9-14(2)20(12-17)31(27,28)23-13-16-7-6-8-18(11-16)29-4/h6-12,23H,5,13H2,1-4H3,(H,24,26). The quantitative estimate of drug-likeness (QED) is 0.550. The van der Waals surface area contributed by atoms with Gasteiger partial charge in [0.05, 0.1) is 23.3 Å². The molecule has 164 valence electrons. The van der Waals surface area contributed by atoms with E-state index in [9.17, 15) is 13.2 Å². The fourth-order valence-electron chi connectivity index (χ4n) is 3.19. The van der Waals surface area contributed by atoms with Gasteiger partial charge in [-0.15, -0.1) is 0 Å². The third kappa shape index (κ3) is 5.12. The Bertz CT molecular complexity index is 1200. The van der Waals surface area contributed by atoms with Crippen molar-refractivity contribution in [2.75, 3.05) is 12.4 Å². The van der Waals surface area contributed by atoms with E-state index in [0.29, 0.717) is 34.6 Å². The molecular formula is C22H25N3O5S. The Balaban J connectivity index is 1.95. The Hall–Kier alpha value is -3.17. The van der Waals surface area contributed by atoms with Crippen molar-refractivity contribution in [2.24, 2.45) is 0 Å². The van der Waals surface area contributed by atoms with Gasteiger partial charge in [-0.25, -0.2) is 13.1 Å². The molecule has 0 aliphatic rings. The molecule has 0 bridgehead atoms. The van der Waals surface area contributed by atoms with Crippen molar-refractivity contribution in [2.45, 2.75) is 38.6 Å². The molecular weight excluding hydrogens is 418 g/mol. The van der Waals surface area contributed by atoms with Crippen LogP contribution >= 0.6 is 0 Å². The molecule has 9 heteroatoms. The average Bonchev–Trinajstić information content (AvgIpc) is 3.14. The molecule has 0 unspecified atom stereocenters. The van der Waals surface area contributed by atoms with E-state index in [4.69, 9.17) is 9.26 Å². The van der Waals surface area contributed by atoms with E-state index in [-0.39, 0.29) is 23.2 Å². The third-order valence-corrected chi connectivity index (χ3v) is 6.30. The van der Waals surface area contributed by atoms with E-state index in [1.165, 1.54) is 6.92 Å². The number of nitrogens with one attached hydrogen (secondary N) is 2. The molecule has 0 radical (unpaired) electrons. The zero-order valence-corrected chi connectivity index (χ0v) is 18.7. The summed E-state index contributed by atoms with van der Waals surface area (Å²) in [4.78, 5) is 11.7. The van der Waals surface area contributed by atoms with Gasteiger partial charge in [0.25, 0.3) is 0 Å². The first-order valence-corrected chi connectivity index (χ1v) is 11.2. The predicted molar refractivity (Wildman–Crippen MR) is 117 cm³/mol. The number of aryl methyl sites for hydroxylation is 2. The molecule has 31 heavy (non-hydrogen) atoms. The monoisotopic (exact) mass is 443 g/mol. The summed E-state index contributed by atoms with van der Waals surface area (Å²) in [5, 5.41) is 6.62. The number of amides is 1. The summed E-state index contributed by atoms with van der Waals surface area (Å²) >= 11 is 0. The minimum Gasteiger partial charge on any atom is -0.497 e. The van der Waals surface area contributed by atoms with Crippen molar-refractivity contribution >= 4 is 21.8 Å². The van der Waals surface area contributed by atoms with Gasteiger partial charge in [-0.05, 0) is 48.2 Å². The van der Waals surface area contributed by atoms with E-state index in [1.807, 2.05) is 13.0 Å². The van der Waals surface area contributed by atoms with E-state index in [0.717, 1.165) is 5.56 Å². The van der Waals surface area contributed by atoms with E-state index >= 15 is 0 Å². The van der Waals surface area contributed by atoms with Crippen LogP contribution in [0.1, 0.15) is 30.7 Å². The zero-order valence-electron chi connectivity index (χ0n) is 17.9. The molecule has 2 N–H and O–H groups in total. The van der Waals surface area contributed by atoms with Gasteiger partial charge in [0.1, 0.15) is 5.75 Å². The van der Waals surface area contributed by atoms with Crippen LogP contribution in [-0.4, -0.2) is 26.6 Å². The van der Waals surface area contributed by atoms with Crippen LogP contribution in [0.15, 0.2) is 51.9 Å². The molecule has 3 rings (SSSR count). The number of hydrogen-bond acceptors (Lipinski definition) is 6. The summed E-state index contributed by atoms with van der Waals surface area (Å²) in [7, 11) is -2.25. The van der Waals surface area contributed by atoms with Gasteiger partial charge in [0.2, 0.25) is 21.8 Å². The first-order chi connectivity index (χ1) is 14.7. The second-order valence-electron chi connectivity index (χ2n) is 7.02. The molecule has 3 aromatic rings. The average molecular weight is 444 g/mol. The maximum atomic E-state index is 13.1. The summed E-state index contributed by atoms with van der Waals surface area (Å²) in [6, 6.07) is 12.3. The Labute approximate surface area is 181 Å². The van der Waals surface area contributed by atoms with Crippen LogP contribution < -0.4 is 14.8 Å². The number of rotatable bonds is 8. The highest BCUT2D eigenvalue weighted by atomic mass is 32.2. The van der Waals surface area contributed by atoms with Crippen molar-refractivity contribution in [1.82, 2.24) is 9.88 Å². The van der Waals surface area contributed by atoms with Crippen LogP contribution in [0.4, 0.5) is 5.88 Å². The molecule has 0 spiro atoms. The fourth-order valence-corrected chi connectivity index (χ4v) is 4.48. The molecule has 0 aliphatic heterocycles. The largest absolute Gasteiger partial charge is 0.497 e. The van der Waals surface area contributed by atoms with Crippen LogP contribution in [-0.2, 0) is 27.8 Å². The lowest BCUT2D eigenvalue weighted by Gasteiger charge is -2.12. The number of aromatic nitrogens is 1. The van der Waals surface area contributed by atoms with Gasteiger partial charge in [0, 0.05) is 13.5 Å². The van der Waals surface area contributed by atoms with Crippen LogP contribution in [0.2, 0.25) is 0 Å². The topological polar surface area (TPSA) is 111 Å². The minimum atomic E-state index is -3.81. The molecule has 0 fully saturated rings. The first kappa shape index (κ1) is 22.5. The summed E-state index contributed by atoms with van der Waals surface area (Å²) in [6.45, 7) is 5.12. The van der Waals surface area contributed by atoms with Gasteiger partial charge in [0.15, 0.2) is 0 Å². The van der Waals surface area contributed by atoms with Gasteiger partial charge in [-0.2, -0.15) is 0 Å². The number of sulfonamides is 1. The molecule has 0 saturated carbocycles. The third-order valence-electron chi connectivity index (χ3n) is 4.75. The lowest BCUT2D eigenvalue weighted by Crippen LogP contribution is -2.24. The van der Waals surface area contributed by atoms with Gasteiger partial charge < -0.3 is 9.26 Å². The lowest BCUT2D eigenvalue weighted by atomic mass is 10.0. The summed E-state index contributed by atoms with van der Waals surface area (Å²) in [5.74, 6) is 0.542. The van der Waals surface area contributed by atoms with Crippen LogP contribution in [0.25, 0.3) is 11.1 Å². The number of nitrogens with zero attached hydrogens (tertiary/aromatic N) is 1. The Morgan fingerprint density at radius 2 is 1.97 bits per heavy atom. The molecule has 1 amide bonds. The first-order valence-electron chi connectivity index (χ1n) is 9.75. The minimum absolute atomic E-state index is 0.119. The number of carbonyl (C=O) groups excluding carboxylic acids is 1. The van der Waals surface area contributed by atoms with E-state index in [2.05, 4.69) is 15.2 Å². The SMILES string of the molecule is CCc1noc(NC(C)=O)c1-c1ccc(C)c(S(=O)(=O)NCc2cccc(OC)c2)c1. The highest BCUT2D eigenvalue weighted by Crippen LogP contribution is 2.34. The number of hydrogen-bond donors (Lipinski definition) is 2. The van der Waals surface area contributed by atoms with Gasteiger partial charge in [-0.3, -0.25) is 10.1 Å². The number of benzene rings is 2. The number of carbonyl (C=O) groups is 1. The molecule has 0 atom stereocenters. The lowest BCUT2D eigenvalue weighted by molar-refractivity contribution is -0.114. The molecule has 0 aliphatic carbocycles. The highest BCUT2D eigenvalue weighted by molar-refractivity contribution is 7.89. The van der Waals surface area contributed by atoms with Gasteiger partial charge >= 0.3 is 0 Å². The molecule has 1 heterocycles. The number of methoxy groups -OCH3 is 1. The summed E-state index contributed by atoms with van der Waals surface area (Å²) in [5.41, 5.74) is 3.16. The Kier molecular flexibility index (Phi) is 6.77. The van der Waals surface area contributed by atoms with Crippen LogP contribution in [0.3, 0.4) is 0 Å². The normalized spacial score (nSPS) is 11.4. The molecule has 0 saturated heterocycles. The maximum absolute atomic E-state index is 13.1. The van der Waals surface area contributed by atoms with Gasteiger partial charge in [-0.1, -0.05) is 36.3 Å². The van der Waals surface area contributed by atoms with Crippen molar-refractivity contribution in [1.29, 1.82) is 0 Å². The van der Waals surface area contributed by atoms with Crippen LogP contribution in [0.5, 0.6) is 5.75 Å². The maximum Gasteiger partial charge on any atom is 0.241 e. The Morgan fingerprint density at radius 1 is 1.19 bits per heavy atom. The van der Waals surface area contributed by atoms with Crippen molar-refractivity contribution in [3.63, 3.8) is 0 Å².